The van der Waals surface area contributed by atoms with Gasteiger partial charge in [-0.05, 0) is 0 Å². The van der Waals surface area contributed by atoms with E-state index in [0.29, 0.717) is 0 Å². The van der Waals surface area contributed by atoms with Crippen molar-refractivity contribution in [2.45, 2.75) is 4.97 Å². The van der Waals surface area contributed by atoms with E-state index in [1.54, 1.807) is 14.2 Å². The van der Waals surface area contributed by atoms with Gasteiger partial charge in [0.15, 0.2) is 0 Å². The van der Waals surface area contributed by atoms with E-state index in [1.807, 2.05) is 18.2 Å². The van der Waals surface area contributed by atoms with Crippen LogP contribution in [0.2, 0.25) is 4.97 Å². The molecule has 0 aliphatic heterocycles. The summed E-state index contributed by atoms with van der Waals surface area (Å²) in [4.78, 5) is 2.17. The fourth-order valence-electron chi connectivity index (χ4n) is 1.17. The number of ether oxygens (including phenoxy) is 2. The fourth-order valence-corrected chi connectivity index (χ4v) is 8.33. The van der Waals surface area contributed by atoms with Gasteiger partial charge >= 0.3 is 101 Å². The van der Waals surface area contributed by atoms with Crippen LogP contribution in [0.4, 0.5) is 0 Å². The van der Waals surface area contributed by atoms with Crippen LogP contribution in [-0.4, -0.2) is 28.0 Å². The molecule has 0 unspecified atom stereocenters. The Morgan fingerprint density at radius 1 is 1.07 bits per heavy atom. The van der Waals surface area contributed by atoms with Crippen LogP contribution in [0.1, 0.15) is 0 Å². The Labute approximate surface area is 100 Å². The Kier molecular flexibility index (Phi) is 4.57. The Morgan fingerprint density at radius 2 is 1.50 bits per heavy atom. The molecule has 0 radical (unpaired) electrons. The molecular formula is C9H12Br2O2Te. The summed E-state index contributed by atoms with van der Waals surface area (Å²) in [6.07, 6.45) is 0. The Balaban J connectivity index is 3.34. The molecule has 0 aliphatic carbocycles. The van der Waals surface area contributed by atoms with Crippen LogP contribution in [0.25, 0.3) is 0 Å². The van der Waals surface area contributed by atoms with Crippen molar-refractivity contribution in [2.24, 2.45) is 0 Å². The third-order valence-electron chi connectivity index (χ3n) is 1.74. The second-order valence-electron chi connectivity index (χ2n) is 2.72. The van der Waals surface area contributed by atoms with Crippen LogP contribution in [0.3, 0.4) is 0 Å². The van der Waals surface area contributed by atoms with E-state index in [4.69, 9.17) is 9.47 Å². The molecule has 0 saturated heterocycles. The number of rotatable bonds is 3. The van der Waals surface area contributed by atoms with Crippen LogP contribution in [0, 0.1) is 0 Å². The van der Waals surface area contributed by atoms with Gasteiger partial charge in [-0.25, -0.2) is 0 Å². The summed E-state index contributed by atoms with van der Waals surface area (Å²) in [5.74, 6) is 1.75. The van der Waals surface area contributed by atoms with Gasteiger partial charge in [0.25, 0.3) is 0 Å². The molecule has 0 aliphatic rings. The van der Waals surface area contributed by atoms with Gasteiger partial charge in [-0.15, -0.1) is 0 Å². The molecule has 14 heavy (non-hydrogen) atoms. The molecule has 80 valence electrons. The van der Waals surface area contributed by atoms with E-state index in [-0.39, 0.29) is 0 Å². The minimum atomic E-state index is -2.32. The first kappa shape index (κ1) is 12.6. The average Bonchev–Trinajstić information content (AvgIpc) is 2.15. The standard InChI is InChI=1S/C9H12Br2O2Te/c1-12-7-5-4-6-8(13-2)9(7)14(3,10)11/h4-6H,1-3H3. The Morgan fingerprint density at radius 3 is 1.79 bits per heavy atom. The zero-order valence-corrected chi connectivity index (χ0v) is 13.7. The maximum absolute atomic E-state index is 5.32. The average molecular weight is 440 g/mol. The molecule has 2 nitrogen and oxygen atoms in total. The van der Waals surface area contributed by atoms with Crippen molar-refractivity contribution in [1.82, 2.24) is 0 Å². The quantitative estimate of drug-likeness (QED) is 0.675. The topological polar surface area (TPSA) is 18.5 Å². The normalized spacial score (nSPS) is 12.4. The van der Waals surface area contributed by atoms with Crippen LogP contribution < -0.4 is 13.1 Å². The predicted molar refractivity (Wildman–Crippen MR) is 68.7 cm³/mol. The van der Waals surface area contributed by atoms with Crippen molar-refractivity contribution < 1.29 is 9.47 Å². The summed E-state index contributed by atoms with van der Waals surface area (Å²) in [6.45, 7) is 0. The van der Waals surface area contributed by atoms with Gasteiger partial charge in [-0.2, -0.15) is 0 Å². The van der Waals surface area contributed by atoms with Crippen molar-refractivity contribution in [2.75, 3.05) is 14.2 Å². The monoisotopic (exact) mass is 440 g/mol. The number of hydrogen-bond acceptors (Lipinski definition) is 2. The first-order valence-electron chi connectivity index (χ1n) is 3.89. The second-order valence-corrected chi connectivity index (χ2v) is 31.2. The summed E-state index contributed by atoms with van der Waals surface area (Å²) < 4.78 is 11.8. The van der Waals surface area contributed by atoms with Crippen molar-refractivity contribution in [1.29, 1.82) is 0 Å². The molecule has 0 fully saturated rings. The molecular weight excluding hydrogens is 428 g/mol. The molecule has 1 aromatic carbocycles. The van der Waals surface area contributed by atoms with E-state index in [0.717, 1.165) is 15.1 Å². The van der Waals surface area contributed by atoms with E-state index < -0.39 is 13.8 Å². The van der Waals surface area contributed by atoms with Crippen molar-refractivity contribution in [3.05, 3.63) is 18.2 Å². The van der Waals surface area contributed by atoms with Crippen molar-refractivity contribution >= 4 is 42.9 Å². The van der Waals surface area contributed by atoms with E-state index >= 15 is 0 Å². The molecule has 0 aromatic heterocycles. The molecule has 0 N–H and O–H groups in total. The van der Waals surface area contributed by atoms with Crippen LogP contribution in [0.15, 0.2) is 18.2 Å². The predicted octanol–water partition coefficient (Wildman–Crippen LogP) is 2.77. The van der Waals surface area contributed by atoms with Crippen LogP contribution in [0.5, 0.6) is 11.5 Å². The van der Waals surface area contributed by atoms with Crippen LogP contribution in [-0.2, 0) is 0 Å². The molecule has 1 aromatic rings. The van der Waals surface area contributed by atoms with Gasteiger partial charge in [0.05, 0.1) is 0 Å². The maximum atomic E-state index is 5.32. The molecule has 5 heteroatoms. The Hall–Kier alpha value is 0.570. The molecule has 0 saturated carbocycles. The SMILES string of the molecule is COc1cccc(OC)c1[Te](C)(Br)Br. The third kappa shape index (κ3) is 2.79. The summed E-state index contributed by atoms with van der Waals surface area (Å²) >= 11 is 5.11. The third-order valence-corrected chi connectivity index (χ3v) is 9.28. The van der Waals surface area contributed by atoms with Gasteiger partial charge in [0.2, 0.25) is 0 Å². The van der Waals surface area contributed by atoms with E-state index in [1.165, 1.54) is 0 Å². The zero-order valence-electron chi connectivity index (χ0n) is 8.21. The van der Waals surface area contributed by atoms with Gasteiger partial charge < -0.3 is 0 Å². The summed E-state index contributed by atoms with van der Waals surface area (Å²) in [5.41, 5.74) is 0. The van der Waals surface area contributed by atoms with Crippen LogP contribution >= 0.6 is 25.5 Å². The van der Waals surface area contributed by atoms with Gasteiger partial charge in [0, 0.05) is 0 Å². The van der Waals surface area contributed by atoms with Gasteiger partial charge in [0.1, 0.15) is 0 Å². The van der Waals surface area contributed by atoms with E-state index in [2.05, 4.69) is 30.5 Å². The first-order valence-corrected chi connectivity index (χ1v) is 17.8. The first-order chi connectivity index (χ1) is 6.50. The van der Waals surface area contributed by atoms with Gasteiger partial charge in [-0.3, -0.25) is 0 Å². The minimum absolute atomic E-state index is 0.877. The molecule has 0 heterocycles. The molecule has 0 atom stereocenters. The van der Waals surface area contributed by atoms with Crippen molar-refractivity contribution in [3.63, 3.8) is 0 Å². The molecule has 0 bridgehead atoms. The Bertz CT molecular complexity index is 301. The number of halogens is 2. The van der Waals surface area contributed by atoms with Gasteiger partial charge in [-0.1, -0.05) is 0 Å². The summed E-state index contributed by atoms with van der Waals surface area (Å²) in [6, 6.07) is 5.82. The number of hydrogen-bond donors (Lipinski definition) is 0. The summed E-state index contributed by atoms with van der Waals surface area (Å²) in [7, 11) is 3.35. The number of methoxy groups -OCH3 is 2. The molecule has 0 spiro atoms. The zero-order chi connectivity index (χ0) is 10.8. The molecule has 0 amide bonds. The fraction of sp³-hybridized carbons (Fsp3) is 0.333. The second kappa shape index (κ2) is 5.07. The van der Waals surface area contributed by atoms with E-state index in [9.17, 15) is 0 Å². The van der Waals surface area contributed by atoms with Crippen molar-refractivity contribution in [3.8, 4) is 11.5 Å². The summed E-state index contributed by atoms with van der Waals surface area (Å²) in [5, 5.41) is 0. The molecule has 1 rings (SSSR count). The number of benzene rings is 1.